The van der Waals surface area contributed by atoms with Crippen molar-refractivity contribution in [1.29, 1.82) is 0 Å². The number of aromatic nitrogens is 2. The molecule has 7 nitrogen and oxygen atoms in total. The Morgan fingerprint density at radius 1 is 1.19 bits per heavy atom. The van der Waals surface area contributed by atoms with Crippen LogP contribution in [0.15, 0.2) is 17.2 Å². The number of unbranched alkanes of at least 4 members (excludes halogenated alkanes) is 3. The van der Waals surface area contributed by atoms with Gasteiger partial charge in [-0.15, -0.1) is 11.8 Å². The Hall–Kier alpha value is -1.45. The van der Waals surface area contributed by atoms with Crippen molar-refractivity contribution in [2.45, 2.75) is 50.0 Å². The van der Waals surface area contributed by atoms with Crippen molar-refractivity contribution in [2.75, 3.05) is 25.4 Å². The highest BCUT2D eigenvalue weighted by Gasteiger charge is 2.41. The molecule has 1 aromatic heterocycles. The Kier molecular flexibility index (Phi) is 9.23. The zero-order valence-corrected chi connectivity index (χ0v) is 17.2. The fourth-order valence-corrected chi connectivity index (χ4v) is 5.22. The van der Waals surface area contributed by atoms with Gasteiger partial charge in [0.25, 0.3) is 0 Å². The largest absolute Gasteiger partial charge is 0.478 e. The molecule has 3 heterocycles. The molecule has 2 fully saturated rings. The lowest BCUT2D eigenvalue weighted by Crippen LogP contribution is -2.22. The van der Waals surface area contributed by atoms with Crippen molar-refractivity contribution < 1.29 is 19.8 Å². The molecule has 0 saturated carbocycles. The van der Waals surface area contributed by atoms with Gasteiger partial charge in [0.15, 0.2) is 0 Å². The van der Waals surface area contributed by atoms with Crippen LogP contribution in [0.4, 0.5) is 0 Å². The Balaban J connectivity index is 0.000000279. The lowest BCUT2D eigenvalue weighted by atomic mass is 9.90. The van der Waals surface area contributed by atoms with E-state index in [4.69, 9.17) is 10.2 Å². The van der Waals surface area contributed by atoms with Gasteiger partial charge in [-0.1, -0.05) is 26.2 Å². The van der Waals surface area contributed by atoms with E-state index in [0.717, 1.165) is 5.92 Å². The molecular formula is C18H27N3O4S2. The zero-order chi connectivity index (χ0) is 19.6. The third-order valence-corrected chi connectivity index (χ3v) is 6.50. The SMILES string of the molecule is CCCCCCSc1nsnc1C1CN2CCC1C2.O=C(O)/C=C/C(=O)O. The average molecular weight is 414 g/mol. The van der Waals surface area contributed by atoms with Gasteiger partial charge in [0.05, 0.1) is 17.4 Å². The summed E-state index contributed by atoms with van der Waals surface area (Å²) < 4.78 is 9.15. The molecule has 2 aliphatic rings. The number of rotatable bonds is 9. The van der Waals surface area contributed by atoms with Crippen LogP contribution >= 0.6 is 23.5 Å². The number of hydrogen-bond donors (Lipinski definition) is 2. The number of hydrogen-bond acceptors (Lipinski definition) is 7. The third-order valence-electron chi connectivity index (χ3n) is 4.77. The molecule has 27 heavy (non-hydrogen) atoms. The molecule has 1 aromatic rings. The van der Waals surface area contributed by atoms with Gasteiger partial charge in [-0.2, -0.15) is 8.75 Å². The summed E-state index contributed by atoms with van der Waals surface area (Å²) in [5, 5.41) is 16.9. The minimum absolute atomic E-state index is 0.558. The van der Waals surface area contributed by atoms with Gasteiger partial charge in [-0.25, -0.2) is 9.59 Å². The minimum atomic E-state index is -1.26. The maximum atomic E-state index is 9.55. The highest BCUT2D eigenvalue weighted by molar-refractivity contribution is 7.99. The summed E-state index contributed by atoms with van der Waals surface area (Å²) in [5.74, 6) is 0.216. The fourth-order valence-electron chi connectivity index (χ4n) is 3.45. The molecule has 0 radical (unpaired) electrons. The van der Waals surface area contributed by atoms with Crippen LogP contribution < -0.4 is 0 Å². The second kappa shape index (κ2) is 11.4. The van der Waals surface area contributed by atoms with E-state index in [9.17, 15) is 9.59 Å². The number of carboxylic acids is 2. The molecule has 2 saturated heterocycles. The first-order valence-corrected chi connectivity index (χ1v) is 11.0. The average Bonchev–Trinajstić information content (AvgIpc) is 3.36. The quantitative estimate of drug-likeness (QED) is 0.361. The first-order chi connectivity index (χ1) is 13.0. The van der Waals surface area contributed by atoms with Gasteiger partial charge in [0.1, 0.15) is 5.03 Å². The van der Waals surface area contributed by atoms with E-state index < -0.39 is 11.9 Å². The second-order valence-electron chi connectivity index (χ2n) is 6.79. The van der Waals surface area contributed by atoms with Crippen LogP contribution in [-0.4, -0.2) is 61.2 Å². The van der Waals surface area contributed by atoms with Crippen molar-refractivity contribution in [3.05, 3.63) is 17.8 Å². The van der Waals surface area contributed by atoms with Gasteiger partial charge in [-0.05, 0) is 31.1 Å². The number of aliphatic carboxylic acids is 2. The van der Waals surface area contributed by atoms with Crippen molar-refractivity contribution in [1.82, 2.24) is 13.6 Å². The summed E-state index contributed by atoms with van der Waals surface area (Å²) in [4.78, 5) is 21.7. The summed E-state index contributed by atoms with van der Waals surface area (Å²) in [6, 6.07) is 0. The Morgan fingerprint density at radius 3 is 2.48 bits per heavy atom. The molecule has 150 valence electrons. The van der Waals surface area contributed by atoms with E-state index in [-0.39, 0.29) is 0 Å². The number of thioether (sulfide) groups is 1. The van der Waals surface area contributed by atoms with Crippen LogP contribution in [0.3, 0.4) is 0 Å². The van der Waals surface area contributed by atoms with Gasteiger partial charge in [0.2, 0.25) is 0 Å². The predicted molar refractivity (Wildman–Crippen MR) is 106 cm³/mol. The highest BCUT2D eigenvalue weighted by Crippen LogP contribution is 2.42. The van der Waals surface area contributed by atoms with Crippen LogP contribution in [0, 0.1) is 5.92 Å². The Bertz CT molecular complexity index is 634. The molecular weight excluding hydrogens is 386 g/mol. The van der Waals surface area contributed by atoms with Crippen LogP contribution in [0.2, 0.25) is 0 Å². The first kappa shape index (κ1) is 21.8. The Labute approximate surface area is 168 Å². The van der Waals surface area contributed by atoms with Crippen LogP contribution in [-0.2, 0) is 9.59 Å². The molecule has 2 N–H and O–H groups in total. The normalized spacial score (nSPS) is 23.4. The van der Waals surface area contributed by atoms with Crippen molar-refractivity contribution in [3.8, 4) is 0 Å². The number of carboxylic acid groups (broad SMARTS) is 2. The number of nitrogens with zero attached hydrogens (tertiary/aromatic N) is 3. The highest BCUT2D eigenvalue weighted by atomic mass is 32.2. The smallest absolute Gasteiger partial charge is 0.328 e. The minimum Gasteiger partial charge on any atom is -0.478 e. The maximum absolute atomic E-state index is 9.55. The maximum Gasteiger partial charge on any atom is 0.328 e. The molecule has 0 aliphatic carbocycles. The van der Waals surface area contributed by atoms with E-state index in [2.05, 4.69) is 20.6 Å². The number of fused-ring (bicyclic) bond motifs is 2. The summed E-state index contributed by atoms with van der Waals surface area (Å²) in [5.41, 5.74) is 1.32. The monoisotopic (exact) mass is 413 g/mol. The molecule has 3 unspecified atom stereocenters. The Morgan fingerprint density at radius 2 is 1.93 bits per heavy atom. The topological polar surface area (TPSA) is 104 Å². The molecule has 2 aliphatic heterocycles. The first-order valence-electron chi connectivity index (χ1n) is 9.32. The molecule has 0 aromatic carbocycles. The van der Waals surface area contributed by atoms with Crippen LogP contribution in [0.5, 0.6) is 0 Å². The summed E-state index contributed by atoms with van der Waals surface area (Å²) in [7, 11) is 0. The zero-order valence-electron chi connectivity index (χ0n) is 15.5. The molecule has 9 heteroatoms. The van der Waals surface area contributed by atoms with Gasteiger partial charge < -0.3 is 15.1 Å². The predicted octanol–water partition coefficient (Wildman–Crippen LogP) is 3.34. The number of carbonyl (C=O) groups is 2. The molecule has 0 spiro atoms. The standard InChI is InChI=1S/C14H23N3S2.C4H4O4/c1-2-3-4-5-8-18-14-13(15-19-16-14)12-10-17-7-6-11(12)9-17;5-3(6)1-2-4(7)8/h11-12H,2-10H2,1H3;1-2H,(H,5,6)(H,7,8)/b;2-1+. The van der Waals surface area contributed by atoms with Gasteiger partial charge in [0, 0.05) is 31.2 Å². The van der Waals surface area contributed by atoms with Gasteiger partial charge >= 0.3 is 11.9 Å². The van der Waals surface area contributed by atoms with Crippen molar-refractivity contribution in [3.63, 3.8) is 0 Å². The van der Waals surface area contributed by atoms with Crippen LogP contribution in [0.25, 0.3) is 0 Å². The molecule has 3 rings (SSSR count). The molecule has 3 atom stereocenters. The second-order valence-corrected chi connectivity index (χ2v) is 8.40. The van der Waals surface area contributed by atoms with Crippen molar-refractivity contribution in [2.24, 2.45) is 5.92 Å². The summed E-state index contributed by atoms with van der Waals surface area (Å²) in [6.45, 7) is 6.08. The summed E-state index contributed by atoms with van der Waals surface area (Å²) >= 11 is 3.35. The lowest BCUT2D eigenvalue weighted by molar-refractivity contribution is -0.134. The summed E-state index contributed by atoms with van der Waals surface area (Å²) in [6.07, 6.45) is 7.83. The fraction of sp³-hybridized carbons (Fsp3) is 0.667. The lowest BCUT2D eigenvalue weighted by Gasteiger charge is -2.20. The van der Waals surface area contributed by atoms with Gasteiger partial charge in [-0.3, -0.25) is 0 Å². The van der Waals surface area contributed by atoms with E-state index in [1.807, 2.05) is 11.8 Å². The van der Waals surface area contributed by atoms with E-state index in [1.54, 1.807) is 0 Å². The van der Waals surface area contributed by atoms with E-state index >= 15 is 0 Å². The van der Waals surface area contributed by atoms with E-state index in [1.165, 1.54) is 79.9 Å². The molecule has 0 amide bonds. The molecule has 2 bridgehead atoms. The third kappa shape index (κ3) is 7.23. The van der Waals surface area contributed by atoms with Crippen LogP contribution in [0.1, 0.15) is 50.6 Å². The van der Waals surface area contributed by atoms with Crippen molar-refractivity contribution >= 4 is 35.4 Å². The number of piperidine rings is 1. The van der Waals surface area contributed by atoms with E-state index in [0.29, 0.717) is 18.1 Å².